The first-order valence-corrected chi connectivity index (χ1v) is 8.38. The van der Waals surface area contributed by atoms with Crippen molar-refractivity contribution in [1.82, 2.24) is 4.31 Å². The molecular formula is C14H20N2O3S. The lowest BCUT2D eigenvalue weighted by atomic mass is 10.00. The number of aliphatic hydroxyl groups is 1. The van der Waals surface area contributed by atoms with Crippen molar-refractivity contribution in [2.45, 2.75) is 30.8 Å². The minimum Gasteiger partial charge on any atom is -0.398 e. The van der Waals surface area contributed by atoms with Gasteiger partial charge in [-0.3, -0.25) is 0 Å². The summed E-state index contributed by atoms with van der Waals surface area (Å²) in [5.41, 5.74) is 6.83. The Balaban J connectivity index is 1.94. The average molecular weight is 296 g/mol. The molecule has 1 aromatic carbocycles. The third-order valence-electron chi connectivity index (χ3n) is 4.63. The summed E-state index contributed by atoms with van der Waals surface area (Å²) in [5.74, 6) is 0.361. The Morgan fingerprint density at radius 1 is 1.30 bits per heavy atom. The quantitative estimate of drug-likeness (QED) is 0.797. The van der Waals surface area contributed by atoms with Crippen molar-refractivity contribution in [3.05, 3.63) is 23.8 Å². The van der Waals surface area contributed by atoms with Crippen LogP contribution in [0, 0.1) is 18.8 Å². The van der Waals surface area contributed by atoms with E-state index in [2.05, 4.69) is 0 Å². The van der Waals surface area contributed by atoms with E-state index in [9.17, 15) is 13.5 Å². The molecule has 110 valence electrons. The summed E-state index contributed by atoms with van der Waals surface area (Å²) in [4.78, 5) is 0.217. The molecule has 0 amide bonds. The number of fused-ring (bicyclic) bond motifs is 1. The first-order chi connectivity index (χ1) is 9.41. The predicted molar refractivity (Wildman–Crippen MR) is 76.6 cm³/mol. The third-order valence-corrected chi connectivity index (χ3v) is 6.68. The lowest BCUT2D eigenvalue weighted by molar-refractivity contribution is 0.129. The van der Waals surface area contributed by atoms with E-state index < -0.39 is 10.0 Å². The number of sulfonamides is 1. The van der Waals surface area contributed by atoms with E-state index in [0.29, 0.717) is 24.3 Å². The largest absolute Gasteiger partial charge is 0.398 e. The topological polar surface area (TPSA) is 83.6 Å². The van der Waals surface area contributed by atoms with Gasteiger partial charge in [-0.2, -0.15) is 4.31 Å². The van der Waals surface area contributed by atoms with Gasteiger partial charge in [0, 0.05) is 19.0 Å². The van der Waals surface area contributed by atoms with Gasteiger partial charge < -0.3 is 10.8 Å². The summed E-state index contributed by atoms with van der Waals surface area (Å²) < 4.78 is 27.0. The van der Waals surface area contributed by atoms with E-state index >= 15 is 0 Å². The van der Waals surface area contributed by atoms with Crippen LogP contribution in [0.25, 0.3) is 0 Å². The highest BCUT2D eigenvalue weighted by Gasteiger charge is 2.46. The zero-order chi connectivity index (χ0) is 14.5. The predicted octanol–water partition coefficient (Wildman–Crippen LogP) is 0.969. The van der Waals surface area contributed by atoms with Crippen LogP contribution in [0.15, 0.2) is 23.1 Å². The molecule has 3 N–H and O–H groups in total. The number of benzene rings is 1. The van der Waals surface area contributed by atoms with Crippen molar-refractivity contribution in [2.24, 2.45) is 11.8 Å². The molecule has 1 aliphatic heterocycles. The van der Waals surface area contributed by atoms with Crippen LogP contribution in [0.4, 0.5) is 5.69 Å². The van der Waals surface area contributed by atoms with Gasteiger partial charge in [0.05, 0.1) is 11.8 Å². The fourth-order valence-corrected chi connectivity index (χ4v) is 5.40. The van der Waals surface area contributed by atoms with E-state index in [1.807, 2.05) is 0 Å². The van der Waals surface area contributed by atoms with Gasteiger partial charge in [0.25, 0.3) is 0 Å². The summed E-state index contributed by atoms with van der Waals surface area (Å²) in [6.45, 7) is 2.66. The minimum absolute atomic E-state index is 0.0787. The minimum atomic E-state index is -3.57. The molecule has 3 unspecified atom stereocenters. The standard InChI is InChI=1S/C14H20N2O3S/c1-9-3-2-4-12(15)14(9)20(18,19)16-7-10-5-6-13(17)11(10)8-16/h2-4,10-11,13,17H,5-8,15H2,1H3. The zero-order valence-electron chi connectivity index (χ0n) is 11.5. The Kier molecular flexibility index (Phi) is 3.27. The first-order valence-electron chi connectivity index (χ1n) is 6.94. The lowest BCUT2D eigenvalue weighted by Gasteiger charge is -2.20. The number of nitrogens with two attached hydrogens (primary N) is 1. The second-order valence-electron chi connectivity index (χ2n) is 5.88. The Morgan fingerprint density at radius 2 is 2.05 bits per heavy atom. The van der Waals surface area contributed by atoms with Crippen molar-refractivity contribution >= 4 is 15.7 Å². The summed E-state index contributed by atoms with van der Waals surface area (Å²) in [6.07, 6.45) is 1.33. The van der Waals surface area contributed by atoms with Gasteiger partial charge in [0.1, 0.15) is 4.90 Å². The highest BCUT2D eigenvalue weighted by atomic mass is 32.2. The van der Waals surface area contributed by atoms with Crippen LogP contribution in [0.2, 0.25) is 0 Å². The molecule has 0 spiro atoms. The maximum Gasteiger partial charge on any atom is 0.245 e. The monoisotopic (exact) mass is 296 g/mol. The van der Waals surface area contributed by atoms with Crippen molar-refractivity contribution in [3.8, 4) is 0 Å². The average Bonchev–Trinajstić information content (AvgIpc) is 2.92. The highest BCUT2D eigenvalue weighted by Crippen LogP contribution is 2.40. The van der Waals surface area contributed by atoms with E-state index in [0.717, 1.165) is 12.8 Å². The zero-order valence-corrected chi connectivity index (χ0v) is 12.3. The van der Waals surface area contributed by atoms with Crippen molar-refractivity contribution in [1.29, 1.82) is 0 Å². The molecule has 1 saturated carbocycles. The molecule has 3 rings (SSSR count). The van der Waals surface area contributed by atoms with Crippen molar-refractivity contribution < 1.29 is 13.5 Å². The molecule has 2 aliphatic rings. The number of aliphatic hydroxyl groups excluding tert-OH is 1. The molecule has 5 nitrogen and oxygen atoms in total. The van der Waals surface area contributed by atoms with Crippen LogP contribution in [-0.2, 0) is 10.0 Å². The van der Waals surface area contributed by atoms with Crippen LogP contribution in [-0.4, -0.2) is 37.0 Å². The Hall–Kier alpha value is -1.11. The molecule has 0 aromatic heterocycles. The highest BCUT2D eigenvalue weighted by molar-refractivity contribution is 7.89. The maximum atomic E-state index is 12.8. The molecule has 20 heavy (non-hydrogen) atoms. The number of rotatable bonds is 2. The van der Waals surface area contributed by atoms with Crippen LogP contribution in [0.1, 0.15) is 18.4 Å². The van der Waals surface area contributed by atoms with Gasteiger partial charge in [-0.15, -0.1) is 0 Å². The maximum absolute atomic E-state index is 12.8. The molecule has 3 atom stereocenters. The van der Waals surface area contributed by atoms with E-state index in [4.69, 9.17) is 5.73 Å². The number of hydrogen-bond donors (Lipinski definition) is 2. The van der Waals surface area contributed by atoms with E-state index in [1.54, 1.807) is 25.1 Å². The van der Waals surface area contributed by atoms with E-state index in [1.165, 1.54) is 4.31 Å². The Labute approximate surface area is 119 Å². The fraction of sp³-hybridized carbons (Fsp3) is 0.571. The molecule has 1 aromatic rings. The summed E-state index contributed by atoms with van der Waals surface area (Å²) >= 11 is 0. The molecule has 2 fully saturated rings. The number of anilines is 1. The van der Waals surface area contributed by atoms with Gasteiger partial charge in [-0.25, -0.2) is 8.42 Å². The number of nitrogen functional groups attached to an aromatic ring is 1. The molecule has 1 heterocycles. The second-order valence-corrected chi connectivity index (χ2v) is 7.76. The van der Waals surface area contributed by atoms with Gasteiger partial charge in [0.15, 0.2) is 0 Å². The summed E-state index contributed by atoms with van der Waals surface area (Å²) in [7, 11) is -3.57. The molecule has 0 bridgehead atoms. The number of aryl methyl sites for hydroxylation is 1. The Morgan fingerprint density at radius 3 is 2.70 bits per heavy atom. The molecule has 1 saturated heterocycles. The van der Waals surface area contributed by atoms with E-state index in [-0.39, 0.29) is 22.8 Å². The normalized spacial score (nSPS) is 30.6. The number of nitrogens with zero attached hydrogens (tertiary/aromatic N) is 1. The SMILES string of the molecule is Cc1cccc(N)c1S(=O)(=O)N1CC2CCC(O)C2C1. The van der Waals surface area contributed by atoms with Gasteiger partial charge in [-0.1, -0.05) is 12.1 Å². The van der Waals surface area contributed by atoms with Crippen LogP contribution in [0.3, 0.4) is 0 Å². The van der Waals surface area contributed by atoms with Gasteiger partial charge >= 0.3 is 0 Å². The summed E-state index contributed by atoms with van der Waals surface area (Å²) in [6, 6.07) is 5.13. The Bertz CT molecular complexity index is 609. The third kappa shape index (κ3) is 2.03. The molecule has 6 heteroatoms. The first kappa shape index (κ1) is 13.9. The van der Waals surface area contributed by atoms with Crippen molar-refractivity contribution in [2.75, 3.05) is 18.8 Å². The molecular weight excluding hydrogens is 276 g/mol. The summed E-state index contributed by atoms with van der Waals surface area (Å²) in [5, 5.41) is 9.92. The lowest BCUT2D eigenvalue weighted by Crippen LogP contribution is -2.32. The van der Waals surface area contributed by atoms with Crippen LogP contribution in [0.5, 0.6) is 0 Å². The molecule has 1 aliphatic carbocycles. The van der Waals surface area contributed by atoms with Gasteiger partial charge in [-0.05, 0) is 37.3 Å². The van der Waals surface area contributed by atoms with Crippen LogP contribution < -0.4 is 5.73 Å². The van der Waals surface area contributed by atoms with Gasteiger partial charge in [0.2, 0.25) is 10.0 Å². The van der Waals surface area contributed by atoms with Crippen molar-refractivity contribution in [3.63, 3.8) is 0 Å². The smallest absolute Gasteiger partial charge is 0.245 e. The fourth-order valence-electron chi connectivity index (χ4n) is 3.55. The molecule has 0 radical (unpaired) electrons. The number of hydrogen-bond acceptors (Lipinski definition) is 4. The second kappa shape index (κ2) is 4.72. The van der Waals surface area contributed by atoms with Crippen LogP contribution >= 0.6 is 0 Å².